The molecule has 0 N–H and O–H groups in total. The first kappa shape index (κ1) is 26.4. The number of ether oxygens (including phenoxy) is 3. The monoisotopic (exact) mass is 520 g/mol. The van der Waals surface area contributed by atoms with Gasteiger partial charge in [0.25, 0.3) is 5.56 Å². The van der Waals surface area contributed by atoms with Crippen LogP contribution >= 0.6 is 11.3 Å². The van der Waals surface area contributed by atoms with Gasteiger partial charge in [-0.05, 0) is 59.8 Å². The van der Waals surface area contributed by atoms with Crippen LogP contribution in [0.25, 0.3) is 6.08 Å². The number of benzene rings is 2. The van der Waals surface area contributed by atoms with Crippen LogP contribution in [-0.2, 0) is 9.53 Å². The largest absolute Gasteiger partial charge is 0.491 e. The van der Waals surface area contributed by atoms with Crippen LogP contribution < -0.4 is 24.4 Å². The average molecular weight is 521 g/mol. The van der Waals surface area contributed by atoms with Gasteiger partial charge in [0.15, 0.2) is 4.80 Å². The smallest absolute Gasteiger partial charge is 0.338 e. The minimum absolute atomic E-state index is 0.0111. The second kappa shape index (κ2) is 11.2. The Morgan fingerprint density at radius 3 is 2.32 bits per heavy atom. The molecule has 1 aromatic heterocycles. The molecule has 194 valence electrons. The van der Waals surface area contributed by atoms with Crippen molar-refractivity contribution in [3.8, 4) is 11.5 Å². The lowest BCUT2D eigenvalue weighted by molar-refractivity contribution is -0.139. The van der Waals surface area contributed by atoms with Gasteiger partial charge in [0.05, 0.1) is 34.6 Å². The van der Waals surface area contributed by atoms with Crippen molar-refractivity contribution in [2.75, 3.05) is 6.61 Å². The molecule has 2 aromatic carbocycles. The quantitative estimate of drug-likeness (QED) is 0.412. The fourth-order valence-corrected chi connectivity index (χ4v) is 5.29. The molecule has 3 aromatic rings. The van der Waals surface area contributed by atoms with Gasteiger partial charge in [-0.2, -0.15) is 0 Å². The normalized spacial score (nSPS) is 15.6. The minimum atomic E-state index is -0.741. The van der Waals surface area contributed by atoms with Crippen molar-refractivity contribution in [2.24, 2.45) is 4.99 Å². The number of thiazole rings is 1. The van der Waals surface area contributed by atoms with E-state index in [2.05, 4.69) is 4.99 Å². The number of carbonyl (C=O) groups is 1. The third-order valence-corrected chi connectivity index (χ3v) is 6.64. The fourth-order valence-electron chi connectivity index (χ4n) is 4.26. The maximum absolute atomic E-state index is 13.9. The molecule has 37 heavy (non-hydrogen) atoms. The molecule has 0 bridgehead atoms. The number of fused-ring (bicyclic) bond motifs is 1. The Bertz CT molecular complexity index is 1510. The number of para-hydroxylation sites is 2. The van der Waals surface area contributed by atoms with Crippen LogP contribution in [0, 0.1) is 0 Å². The third-order valence-electron chi connectivity index (χ3n) is 5.66. The Morgan fingerprint density at radius 2 is 1.65 bits per heavy atom. The van der Waals surface area contributed by atoms with Gasteiger partial charge in [0, 0.05) is 11.1 Å². The molecule has 1 aliphatic rings. The molecule has 1 atom stereocenters. The summed E-state index contributed by atoms with van der Waals surface area (Å²) >= 11 is 1.28. The van der Waals surface area contributed by atoms with E-state index in [4.69, 9.17) is 14.2 Å². The molecule has 0 saturated carbocycles. The Hall–Kier alpha value is -3.65. The number of esters is 1. The zero-order valence-corrected chi connectivity index (χ0v) is 22.8. The number of aromatic nitrogens is 1. The lowest BCUT2D eigenvalue weighted by atomic mass is 9.95. The van der Waals surface area contributed by atoms with E-state index in [1.54, 1.807) is 18.4 Å². The summed E-state index contributed by atoms with van der Waals surface area (Å²) in [5, 5.41) is 0. The summed E-state index contributed by atoms with van der Waals surface area (Å²) in [7, 11) is 0. The molecule has 1 aliphatic heterocycles. The van der Waals surface area contributed by atoms with Crippen LogP contribution in [0.1, 0.15) is 58.7 Å². The molecule has 0 fully saturated rings. The summed E-state index contributed by atoms with van der Waals surface area (Å²) in [6, 6.07) is 14.3. The highest BCUT2D eigenvalue weighted by Gasteiger charge is 2.35. The number of carbonyl (C=O) groups excluding carboxylic acids is 1. The molecular formula is C29H32N2O5S. The number of nitrogens with zero attached hydrogens (tertiary/aromatic N) is 2. The second-order valence-electron chi connectivity index (χ2n) is 9.21. The van der Waals surface area contributed by atoms with Crippen molar-refractivity contribution >= 4 is 23.4 Å². The number of hydrogen-bond acceptors (Lipinski definition) is 7. The van der Waals surface area contributed by atoms with Gasteiger partial charge in [-0.15, -0.1) is 0 Å². The van der Waals surface area contributed by atoms with Gasteiger partial charge in [-0.25, -0.2) is 9.79 Å². The van der Waals surface area contributed by atoms with E-state index in [1.165, 1.54) is 11.3 Å². The van der Waals surface area contributed by atoms with E-state index in [-0.39, 0.29) is 24.4 Å². The van der Waals surface area contributed by atoms with Gasteiger partial charge in [-0.3, -0.25) is 9.36 Å². The third kappa shape index (κ3) is 5.54. The van der Waals surface area contributed by atoms with Crippen molar-refractivity contribution in [1.29, 1.82) is 0 Å². The SMILES string of the molecule is CCOC(=O)C1=C(C)N=c2s/c(=C\c3ccccc3OC(C)C)c(=O)n2[C@@H]1c1ccccc1OC(C)C. The zero-order chi connectivity index (χ0) is 26.7. The predicted octanol–water partition coefficient (Wildman–Crippen LogP) is 4.37. The predicted molar refractivity (Wildman–Crippen MR) is 145 cm³/mol. The Balaban J connectivity index is 1.97. The van der Waals surface area contributed by atoms with Crippen LogP contribution in [-0.4, -0.2) is 29.4 Å². The molecule has 0 radical (unpaired) electrons. The van der Waals surface area contributed by atoms with Gasteiger partial charge in [0.1, 0.15) is 17.5 Å². The molecule has 4 rings (SSSR count). The average Bonchev–Trinajstić information content (AvgIpc) is 3.13. The van der Waals surface area contributed by atoms with Crippen molar-refractivity contribution < 1.29 is 19.0 Å². The standard InChI is InChI=1S/C29H32N2O5S/c1-7-34-28(33)25-19(6)30-29-31(26(25)21-13-9-11-15-23(21)36-18(4)5)27(32)24(37-29)16-20-12-8-10-14-22(20)35-17(2)3/h8-18,26H,7H2,1-6H3/b24-16-/t26-/m1/s1. The highest BCUT2D eigenvalue weighted by Crippen LogP contribution is 2.36. The van der Waals surface area contributed by atoms with Gasteiger partial charge in [-0.1, -0.05) is 47.7 Å². The molecule has 0 aliphatic carbocycles. The van der Waals surface area contributed by atoms with Crippen LogP contribution in [0.4, 0.5) is 0 Å². The molecule has 0 spiro atoms. The van der Waals surface area contributed by atoms with Crippen molar-refractivity contribution in [3.63, 3.8) is 0 Å². The first-order chi connectivity index (χ1) is 17.7. The van der Waals surface area contributed by atoms with E-state index in [0.717, 1.165) is 5.56 Å². The molecule has 7 nitrogen and oxygen atoms in total. The van der Waals surface area contributed by atoms with Crippen LogP contribution in [0.5, 0.6) is 11.5 Å². The van der Waals surface area contributed by atoms with E-state index in [1.807, 2.05) is 82.3 Å². The lowest BCUT2D eigenvalue weighted by Gasteiger charge is -2.26. The lowest BCUT2D eigenvalue weighted by Crippen LogP contribution is -2.40. The maximum Gasteiger partial charge on any atom is 0.338 e. The van der Waals surface area contributed by atoms with E-state index < -0.39 is 12.0 Å². The van der Waals surface area contributed by atoms with Crippen molar-refractivity contribution in [2.45, 2.75) is 59.8 Å². The highest BCUT2D eigenvalue weighted by molar-refractivity contribution is 7.07. The highest BCUT2D eigenvalue weighted by atomic mass is 32.1. The molecule has 2 heterocycles. The second-order valence-corrected chi connectivity index (χ2v) is 10.2. The summed E-state index contributed by atoms with van der Waals surface area (Å²) < 4.78 is 19.5. The molecule has 0 saturated heterocycles. The summed E-state index contributed by atoms with van der Waals surface area (Å²) in [6.45, 7) is 11.5. The number of rotatable bonds is 8. The Morgan fingerprint density at radius 1 is 1.03 bits per heavy atom. The summed E-state index contributed by atoms with van der Waals surface area (Å²) in [5.41, 5.74) is 2.08. The Kier molecular flexibility index (Phi) is 7.97. The Labute approximate surface area is 220 Å². The molecule has 8 heteroatoms. The maximum atomic E-state index is 13.9. The van der Waals surface area contributed by atoms with E-state index in [9.17, 15) is 9.59 Å². The van der Waals surface area contributed by atoms with Gasteiger partial charge < -0.3 is 14.2 Å². The number of allylic oxidation sites excluding steroid dienone is 1. The summed E-state index contributed by atoms with van der Waals surface area (Å²) in [4.78, 5) is 32.3. The first-order valence-corrected chi connectivity index (χ1v) is 13.2. The minimum Gasteiger partial charge on any atom is -0.491 e. The van der Waals surface area contributed by atoms with Crippen LogP contribution in [0.15, 0.2) is 69.6 Å². The van der Waals surface area contributed by atoms with E-state index in [0.29, 0.717) is 37.7 Å². The van der Waals surface area contributed by atoms with Crippen LogP contribution in [0.2, 0.25) is 0 Å². The van der Waals surface area contributed by atoms with E-state index >= 15 is 0 Å². The summed E-state index contributed by atoms with van der Waals surface area (Å²) in [5.74, 6) is 0.793. The zero-order valence-electron chi connectivity index (χ0n) is 22.0. The topological polar surface area (TPSA) is 79.1 Å². The van der Waals surface area contributed by atoms with Crippen molar-refractivity contribution in [1.82, 2.24) is 4.57 Å². The number of hydrogen-bond donors (Lipinski definition) is 0. The molecule has 0 unspecified atom stereocenters. The summed E-state index contributed by atoms with van der Waals surface area (Å²) in [6.07, 6.45) is 1.71. The first-order valence-electron chi connectivity index (χ1n) is 12.4. The molecular weight excluding hydrogens is 488 g/mol. The van der Waals surface area contributed by atoms with Crippen LogP contribution in [0.3, 0.4) is 0 Å². The van der Waals surface area contributed by atoms with Gasteiger partial charge >= 0.3 is 5.97 Å². The fraction of sp³-hybridized carbons (Fsp3) is 0.345. The van der Waals surface area contributed by atoms with Gasteiger partial charge in [0.2, 0.25) is 0 Å². The van der Waals surface area contributed by atoms with Crippen molar-refractivity contribution in [3.05, 3.63) is 90.6 Å². The molecule has 0 amide bonds.